The molecule has 5 heteroatoms. The van der Waals surface area contributed by atoms with Gasteiger partial charge in [-0.2, -0.15) is 0 Å². The van der Waals surface area contributed by atoms with Gasteiger partial charge in [-0.25, -0.2) is 0 Å². The maximum atomic E-state index is 5.76. The van der Waals surface area contributed by atoms with Gasteiger partial charge in [0.15, 0.2) is 23.0 Å². The summed E-state index contributed by atoms with van der Waals surface area (Å²) >= 11 is 0. The van der Waals surface area contributed by atoms with E-state index in [0.717, 1.165) is 59.2 Å². The monoisotopic (exact) mass is 355 g/mol. The van der Waals surface area contributed by atoms with Crippen LogP contribution in [0.25, 0.3) is 0 Å². The second-order valence-corrected chi connectivity index (χ2v) is 6.00. The highest BCUT2D eigenvalue weighted by Crippen LogP contribution is 2.34. The molecule has 0 aliphatic carbocycles. The Morgan fingerprint density at radius 2 is 1.92 bits per heavy atom. The minimum Gasteiger partial charge on any atom is -0.493 e. The van der Waals surface area contributed by atoms with Crippen LogP contribution in [0, 0.1) is 0 Å². The van der Waals surface area contributed by atoms with Gasteiger partial charge in [0.2, 0.25) is 6.79 Å². The van der Waals surface area contributed by atoms with Crippen LogP contribution in [0.3, 0.4) is 0 Å². The number of nitrogens with one attached hydrogen (secondary N) is 1. The lowest BCUT2D eigenvalue weighted by Crippen LogP contribution is -2.13. The second-order valence-electron chi connectivity index (χ2n) is 6.00. The zero-order valence-corrected chi connectivity index (χ0v) is 15.3. The Bertz CT molecular complexity index is 773. The first kappa shape index (κ1) is 18.1. The molecule has 0 amide bonds. The van der Waals surface area contributed by atoms with Gasteiger partial charge in [-0.15, -0.1) is 6.58 Å². The van der Waals surface area contributed by atoms with Crippen molar-refractivity contribution in [3.63, 3.8) is 0 Å². The first-order valence-electron chi connectivity index (χ1n) is 8.77. The van der Waals surface area contributed by atoms with E-state index in [1.807, 2.05) is 37.3 Å². The van der Waals surface area contributed by atoms with E-state index in [1.165, 1.54) is 0 Å². The lowest BCUT2D eigenvalue weighted by Gasteiger charge is -2.16. The largest absolute Gasteiger partial charge is 0.493 e. The summed E-state index contributed by atoms with van der Waals surface area (Å²) < 4.78 is 22.1. The van der Waals surface area contributed by atoms with E-state index in [2.05, 4.69) is 18.0 Å². The standard InChI is InChI=1S/C21H25NO4/c1-4-6-17-9-16(11-20(23-3)21(17)24-5-2)13-22-12-15-7-8-18-19(10-15)26-14-25-18/h4,7-11,22H,1,5-6,12-14H2,2-3H3. The predicted molar refractivity (Wildman–Crippen MR) is 101 cm³/mol. The van der Waals surface area contributed by atoms with Gasteiger partial charge < -0.3 is 24.3 Å². The average Bonchev–Trinajstić information content (AvgIpc) is 3.11. The molecular weight excluding hydrogens is 330 g/mol. The normalized spacial score (nSPS) is 12.1. The summed E-state index contributed by atoms with van der Waals surface area (Å²) in [5, 5.41) is 3.46. The fraction of sp³-hybridized carbons (Fsp3) is 0.333. The van der Waals surface area contributed by atoms with Crippen LogP contribution in [0.4, 0.5) is 0 Å². The van der Waals surface area contributed by atoms with Gasteiger partial charge in [-0.1, -0.05) is 18.2 Å². The Morgan fingerprint density at radius 3 is 2.69 bits per heavy atom. The molecule has 0 fully saturated rings. The van der Waals surface area contributed by atoms with Gasteiger partial charge in [-0.05, 0) is 42.7 Å². The second kappa shape index (κ2) is 8.63. The molecule has 26 heavy (non-hydrogen) atoms. The van der Waals surface area contributed by atoms with Crippen LogP contribution in [0.5, 0.6) is 23.0 Å². The van der Waals surface area contributed by atoms with Crippen LogP contribution >= 0.6 is 0 Å². The fourth-order valence-corrected chi connectivity index (χ4v) is 2.99. The lowest BCUT2D eigenvalue weighted by atomic mass is 10.1. The van der Waals surface area contributed by atoms with Gasteiger partial charge >= 0.3 is 0 Å². The molecule has 0 atom stereocenters. The predicted octanol–water partition coefficient (Wildman–Crippen LogP) is 3.84. The Labute approximate surface area is 154 Å². The number of rotatable bonds is 9. The third kappa shape index (κ3) is 4.11. The van der Waals surface area contributed by atoms with Crippen LogP contribution in [0.1, 0.15) is 23.6 Å². The van der Waals surface area contributed by atoms with Crippen LogP contribution in [-0.2, 0) is 19.5 Å². The lowest BCUT2D eigenvalue weighted by molar-refractivity contribution is 0.174. The first-order valence-corrected chi connectivity index (χ1v) is 8.77. The van der Waals surface area contributed by atoms with E-state index in [-0.39, 0.29) is 0 Å². The van der Waals surface area contributed by atoms with Crippen LogP contribution in [0.2, 0.25) is 0 Å². The number of allylic oxidation sites excluding steroid dienone is 1. The van der Waals surface area contributed by atoms with E-state index >= 15 is 0 Å². The van der Waals surface area contributed by atoms with Crippen molar-refractivity contribution in [1.29, 1.82) is 0 Å². The average molecular weight is 355 g/mol. The van der Waals surface area contributed by atoms with Crippen LogP contribution < -0.4 is 24.3 Å². The summed E-state index contributed by atoms with van der Waals surface area (Å²) in [6, 6.07) is 10.2. The van der Waals surface area contributed by atoms with Gasteiger partial charge in [0, 0.05) is 18.7 Å². The molecule has 0 spiro atoms. The number of methoxy groups -OCH3 is 1. The van der Waals surface area contributed by atoms with Gasteiger partial charge in [-0.3, -0.25) is 0 Å². The van der Waals surface area contributed by atoms with Crippen molar-refractivity contribution in [1.82, 2.24) is 5.32 Å². The summed E-state index contributed by atoms with van der Waals surface area (Å²) in [5.41, 5.74) is 3.38. The Kier molecular flexibility index (Phi) is 6.02. The number of benzene rings is 2. The smallest absolute Gasteiger partial charge is 0.231 e. The number of fused-ring (bicyclic) bond motifs is 1. The molecule has 1 N–H and O–H groups in total. The summed E-state index contributed by atoms with van der Waals surface area (Å²) in [5.74, 6) is 3.17. The van der Waals surface area contributed by atoms with Crippen molar-refractivity contribution in [2.24, 2.45) is 0 Å². The fourth-order valence-electron chi connectivity index (χ4n) is 2.99. The quantitative estimate of drug-likeness (QED) is 0.693. The molecule has 1 heterocycles. The summed E-state index contributed by atoms with van der Waals surface area (Å²) in [4.78, 5) is 0. The van der Waals surface area contributed by atoms with Crippen LogP contribution in [0.15, 0.2) is 43.0 Å². The highest BCUT2D eigenvalue weighted by Gasteiger charge is 2.14. The number of hydrogen-bond acceptors (Lipinski definition) is 5. The zero-order chi connectivity index (χ0) is 18.4. The molecular formula is C21H25NO4. The Balaban J connectivity index is 1.69. The highest BCUT2D eigenvalue weighted by molar-refractivity contribution is 5.50. The maximum absolute atomic E-state index is 5.76. The molecule has 138 valence electrons. The number of ether oxygens (including phenoxy) is 4. The molecule has 2 aromatic carbocycles. The van der Waals surface area contributed by atoms with E-state index in [1.54, 1.807) is 7.11 Å². The molecule has 3 rings (SSSR count). The maximum Gasteiger partial charge on any atom is 0.231 e. The molecule has 0 aromatic heterocycles. The Morgan fingerprint density at radius 1 is 1.12 bits per heavy atom. The molecule has 0 unspecified atom stereocenters. The topological polar surface area (TPSA) is 49.0 Å². The molecule has 1 aliphatic heterocycles. The number of hydrogen-bond donors (Lipinski definition) is 1. The van der Waals surface area contributed by atoms with Crippen molar-refractivity contribution in [2.45, 2.75) is 26.4 Å². The third-order valence-corrected chi connectivity index (χ3v) is 4.16. The molecule has 0 bridgehead atoms. The molecule has 0 radical (unpaired) electrons. The molecule has 0 saturated heterocycles. The summed E-state index contributed by atoms with van der Waals surface area (Å²) in [6.45, 7) is 8.17. The molecule has 2 aromatic rings. The van der Waals surface area contributed by atoms with Gasteiger partial charge in [0.25, 0.3) is 0 Å². The van der Waals surface area contributed by atoms with Crippen molar-refractivity contribution in [3.8, 4) is 23.0 Å². The van der Waals surface area contributed by atoms with Gasteiger partial charge in [0.1, 0.15) is 0 Å². The van der Waals surface area contributed by atoms with Crippen LogP contribution in [-0.4, -0.2) is 20.5 Å². The van der Waals surface area contributed by atoms with E-state index in [0.29, 0.717) is 13.4 Å². The summed E-state index contributed by atoms with van der Waals surface area (Å²) in [6.07, 6.45) is 2.61. The molecule has 1 aliphatic rings. The van der Waals surface area contributed by atoms with Gasteiger partial charge in [0.05, 0.1) is 13.7 Å². The highest BCUT2D eigenvalue weighted by atomic mass is 16.7. The third-order valence-electron chi connectivity index (χ3n) is 4.16. The molecule has 5 nitrogen and oxygen atoms in total. The van der Waals surface area contributed by atoms with E-state index in [4.69, 9.17) is 18.9 Å². The summed E-state index contributed by atoms with van der Waals surface area (Å²) in [7, 11) is 1.67. The van der Waals surface area contributed by atoms with E-state index < -0.39 is 0 Å². The van der Waals surface area contributed by atoms with Crippen molar-refractivity contribution in [2.75, 3.05) is 20.5 Å². The minimum absolute atomic E-state index is 0.296. The van der Waals surface area contributed by atoms with Crippen molar-refractivity contribution >= 4 is 0 Å². The molecule has 0 saturated carbocycles. The SMILES string of the molecule is C=CCc1cc(CNCc2ccc3c(c2)OCO3)cc(OC)c1OCC. The van der Waals surface area contributed by atoms with Crippen molar-refractivity contribution < 1.29 is 18.9 Å². The first-order chi connectivity index (χ1) is 12.7. The van der Waals surface area contributed by atoms with Crippen molar-refractivity contribution in [3.05, 3.63) is 59.7 Å². The van der Waals surface area contributed by atoms with E-state index in [9.17, 15) is 0 Å². The zero-order valence-electron chi connectivity index (χ0n) is 15.3. The Hall–Kier alpha value is -2.66. The minimum atomic E-state index is 0.296.